The van der Waals surface area contributed by atoms with E-state index >= 15 is 0 Å². The van der Waals surface area contributed by atoms with Crippen LogP contribution in [0.3, 0.4) is 0 Å². The Balaban J connectivity index is 2.02. The van der Waals surface area contributed by atoms with Gasteiger partial charge in [0.2, 0.25) is 0 Å². The number of sulfone groups is 1. The molecule has 3 heterocycles. The Morgan fingerprint density at radius 2 is 1.65 bits per heavy atom. The molecule has 4 rings (SSSR count). The van der Waals surface area contributed by atoms with E-state index in [9.17, 15) is 25.6 Å². The van der Waals surface area contributed by atoms with Gasteiger partial charge in [0.25, 0.3) is 10.0 Å². The first kappa shape index (κ1) is 21.0. The molecule has 0 saturated carbocycles. The zero-order valence-corrected chi connectivity index (χ0v) is 17.7. The molecular formula is C19H14F2N4O4S2. The number of hydrogen-bond donors (Lipinski definition) is 0. The molecule has 12 heteroatoms. The van der Waals surface area contributed by atoms with Gasteiger partial charge in [0.15, 0.2) is 32.2 Å². The van der Waals surface area contributed by atoms with E-state index < -0.39 is 36.5 Å². The van der Waals surface area contributed by atoms with Crippen LogP contribution in [-0.2, 0) is 19.9 Å². The Kier molecular flexibility index (Phi) is 4.85. The van der Waals surface area contributed by atoms with Crippen LogP contribution in [0.1, 0.15) is 5.56 Å². The summed E-state index contributed by atoms with van der Waals surface area (Å²) in [5, 5.41) is -0.842. The average Bonchev–Trinajstić information content (AvgIpc) is 3.07. The van der Waals surface area contributed by atoms with Gasteiger partial charge in [-0.05, 0) is 25.1 Å². The van der Waals surface area contributed by atoms with E-state index in [-0.39, 0.29) is 27.3 Å². The second-order valence-electron chi connectivity index (χ2n) is 6.80. The molecule has 3 aromatic heterocycles. The number of nitrogens with zero attached hydrogens (tertiary/aromatic N) is 4. The maximum absolute atomic E-state index is 13.9. The molecule has 0 spiro atoms. The average molecular weight is 464 g/mol. The molecule has 4 aromatic rings. The van der Waals surface area contributed by atoms with Crippen molar-refractivity contribution >= 4 is 30.9 Å². The fourth-order valence-corrected chi connectivity index (χ4v) is 4.96. The molecule has 0 aliphatic heterocycles. The summed E-state index contributed by atoms with van der Waals surface area (Å²) in [6.45, 7) is 1.80. The minimum absolute atomic E-state index is 0.0155. The van der Waals surface area contributed by atoms with Crippen LogP contribution in [0.5, 0.6) is 0 Å². The van der Waals surface area contributed by atoms with Gasteiger partial charge in [-0.1, -0.05) is 17.7 Å². The van der Waals surface area contributed by atoms with Crippen molar-refractivity contribution in [1.82, 2.24) is 18.9 Å². The first-order chi connectivity index (χ1) is 14.5. The minimum Gasteiger partial charge on any atom is -0.234 e. The second kappa shape index (κ2) is 7.17. The van der Waals surface area contributed by atoms with Crippen LogP contribution in [0.2, 0.25) is 0 Å². The monoisotopic (exact) mass is 464 g/mol. The smallest absolute Gasteiger partial charge is 0.234 e. The third-order valence-electron chi connectivity index (χ3n) is 4.46. The molecule has 0 amide bonds. The molecule has 8 nitrogen and oxygen atoms in total. The molecule has 0 radical (unpaired) electrons. The first-order valence-electron chi connectivity index (χ1n) is 8.70. The van der Waals surface area contributed by atoms with Crippen LogP contribution >= 0.6 is 0 Å². The van der Waals surface area contributed by atoms with Gasteiger partial charge in [-0.2, -0.15) is 0 Å². The van der Waals surface area contributed by atoms with E-state index in [0.29, 0.717) is 6.20 Å². The van der Waals surface area contributed by atoms with E-state index in [4.69, 9.17) is 0 Å². The number of halogens is 2. The Bertz CT molecular complexity index is 1550. The summed E-state index contributed by atoms with van der Waals surface area (Å²) in [5.74, 6) is -2.21. The molecule has 0 bridgehead atoms. The highest BCUT2D eigenvalue weighted by Gasteiger charge is 2.25. The number of benzene rings is 1. The third kappa shape index (κ3) is 3.68. The van der Waals surface area contributed by atoms with Gasteiger partial charge in [0.05, 0.1) is 17.3 Å². The van der Waals surface area contributed by atoms with Crippen molar-refractivity contribution in [1.29, 1.82) is 0 Å². The van der Waals surface area contributed by atoms with Gasteiger partial charge >= 0.3 is 0 Å². The summed E-state index contributed by atoms with van der Waals surface area (Å²) in [7, 11) is -8.18. The molecule has 1 aromatic carbocycles. The fraction of sp³-hybridized carbons (Fsp3) is 0.105. The number of hydrogen-bond acceptors (Lipinski definition) is 7. The normalized spacial score (nSPS) is 12.4. The number of fused-ring (bicyclic) bond motifs is 1. The van der Waals surface area contributed by atoms with Crippen molar-refractivity contribution in [2.75, 3.05) is 6.26 Å². The van der Waals surface area contributed by atoms with Crippen molar-refractivity contribution in [3.8, 4) is 11.4 Å². The molecule has 0 N–H and O–H groups in total. The predicted octanol–water partition coefficient (Wildman–Crippen LogP) is 2.72. The molecule has 0 fully saturated rings. The maximum atomic E-state index is 13.9. The molecular weight excluding hydrogens is 450 g/mol. The highest BCUT2D eigenvalue weighted by molar-refractivity contribution is 7.90. The lowest BCUT2D eigenvalue weighted by molar-refractivity contribution is 0.552. The van der Waals surface area contributed by atoms with Crippen molar-refractivity contribution < 1.29 is 25.6 Å². The molecule has 0 unspecified atom stereocenters. The second-order valence-corrected chi connectivity index (χ2v) is 10.5. The third-order valence-corrected chi connectivity index (χ3v) is 7.11. The highest BCUT2D eigenvalue weighted by Crippen LogP contribution is 2.31. The summed E-state index contributed by atoms with van der Waals surface area (Å²) in [5.41, 5.74) is 0.707. The van der Waals surface area contributed by atoms with E-state index in [1.54, 1.807) is 19.1 Å². The quantitative estimate of drug-likeness (QED) is 0.427. The van der Waals surface area contributed by atoms with Gasteiger partial charge in [0, 0.05) is 23.4 Å². The Labute approximate surface area is 176 Å². The van der Waals surface area contributed by atoms with Gasteiger partial charge in [-0.3, -0.25) is 0 Å². The van der Waals surface area contributed by atoms with Gasteiger partial charge in [-0.25, -0.2) is 44.5 Å². The summed E-state index contributed by atoms with van der Waals surface area (Å²) in [6.07, 6.45) is 3.38. The molecule has 160 valence electrons. The zero-order valence-electron chi connectivity index (χ0n) is 16.1. The van der Waals surface area contributed by atoms with Crippen molar-refractivity contribution in [3.05, 3.63) is 66.1 Å². The van der Waals surface area contributed by atoms with Crippen molar-refractivity contribution in [3.63, 3.8) is 0 Å². The van der Waals surface area contributed by atoms with Crippen LogP contribution in [0.25, 0.3) is 22.4 Å². The zero-order chi connectivity index (χ0) is 22.6. The predicted molar refractivity (Wildman–Crippen MR) is 108 cm³/mol. The maximum Gasteiger partial charge on any atom is 0.269 e. The van der Waals surface area contributed by atoms with Gasteiger partial charge in [-0.15, -0.1) is 0 Å². The number of pyridine rings is 1. The molecule has 0 aliphatic carbocycles. The largest absolute Gasteiger partial charge is 0.269 e. The summed E-state index contributed by atoms with van der Waals surface area (Å²) >= 11 is 0. The summed E-state index contributed by atoms with van der Waals surface area (Å²) < 4.78 is 78.7. The number of rotatable bonds is 4. The van der Waals surface area contributed by atoms with Crippen molar-refractivity contribution in [2.45, 2.75) is 16.8 Å². The van der Waals surface area contributed by atoms with Gasteiger partial charge < -0.3 is 0 Å². The fourth-order valence-electron chi connectivity index (χ4n) is 2.98. The van der Waals surface area contributed by atoms with Crippen LogP contribution in [0, 0.1) is 18.6 Å². The summed E-state index contributed by atoms with van der Waals surface area (Å²) in [4.78, 5) is 11.4. The Morgan fingerprint density at radius 1 is 0.968 bits per heavy atom. The Morgan fingerprint density at radius 3 is 2.29 bits per heavy atom. The van der Waals surface area contributed by atoms with Crippen LogP contribution < -0.4 is 0 Å². The Hall–Kier alpha value is -3.25. The summed E-state index contributed by atoms with van der Waals surface area (Å²) in [6, 6.07) is 7.08. The van der Waals surface area contributed by atoms with E-state index in [2.05, 4.69) is 15.0 Å². The number of aromatic nitrogens is 4. The molecule has 0 aliphatic rings. The highest BCUT2D eigenvalue weighted by atomic mass is 32.2. The lowest BCUT2D eigenvalue weighted by Gasteiger charge is -2.07. The standard InChI is InChI=1S/C19H14F2N4O4S2/c1-11-3-5-13(6-4-11)31(28,29)25-10-15(14-7-12(20)8-23-18(14)25)17-22-9-16(21)19(24-17)30(2,26)27/h3-10H,1-2H3. The van der Waals surface area contributed by atoms with Crippen LogP contribution in [0.15, 0.2) is 58.8 Å². The molecule has 0 atom stereocenters. The van der Waals surface area contributed by atoms with Crippen LogP contribution in [0.4, 0.5) is 8.78 Å². The van der Waals surface area contributed by atoms with E-state index in [1.165, 1.54) is 12.1 Å². The minimum atomic E-state index is -4.15. The van der Waals surface area contributed by atoms with Crippen molar-refractivity contribution in [2.24, 2.45) is 0 Å². The van der Waals surface area contributed by atoms with Crippen LogP contribution in [-0.4, -0.2) is 42.0 Å². The van der Waals surface area contributed by atoms with E-state index in [0.717, 1.165) is 34.3 Å². The lowest BCUT2D eigenvalue weighted by atomic mass is 10.2. The van der Waals surface area contributed by atoms with E-state index in [1.807, 2.05) is 0 Å². The number of aryl methyl sites for hydroxylation is 1. The first-order valence-corrected chi connectivity index (χ1v) is 12.0. The lowest BCUT2D eigenvalue weighted by Crippen LogP contribution is -2.12. The topological polar surface area (TPSA) is 112 Å². The van der Waals surface area contributed by atoms with Gasteiger partial charge in [0.1, 0.15) is 5.82 Å². The molecule has 31 heavy (non-hydrogen) atoms. The SMILES string of the molecule is Cc1ccc(S(=O)(=O)n2cc(-c3ncc(F)c(S(C)(=O)=O)n3)c3cc(F)cnc32)cc1. The molecule has 0 saturated heterocycles.